The number of phenols is 1. The summed E-state index contributed by atoms with van der Waals surface area (Å²) in [5.41, 5.74) is 3.53. The van der Waals surface area contributed by atoms with E-state index in [1.807, 2.05) is 13.8 Å². The van der Waals surface area contributed by atoms with E-state index in [4.69, 9.17) is 0 Å². The van der Waals surface area contributed by atoms with Crippen molar-refractivity contribution >= 4 is 11.6 Å². The summed E-state index contributed by atoms with van der Waals surface area (Å²) in [5.74, 6) is 0.0405. The predicted octanol–water partition coefficient (Wildman–Crippen LogP) is 2.90. The van der Waals surface area contributed by atoms with Crippen LogP contribution in [0.1, 0.15) is 27.2 Å². The number of benzene rings is 1. The van der Waals surface area contributed by atoms with Gasteiger partial charge in [-0.3, -0.25) is 4.79 Å². The van der Waals surface area contributed by atoms with E-state index in [1.165, 1.54) is 0 Å². The maximum Gasteiger partial charge on any atom is 0.257 e. The van der Waals surface area contributed by atoms with Crippen molar-refractivity contribution in [3.8, 4) is 5.75 Å². The highest BCUT2D eigenvalue weighted by Crippen LogP contribution is 2.28. The number of H-pyrrole nitrogens is 1. The highest BCUT2D eigenvalue weighted by atomic mass is 16.3. The molecule has 0 spiro atoms. The van der Waals surface area contributed by atoms with Crippen molar-refractivity contribution < 1.29 is 9.90 Å². The van der Waals surface area contributed by atoms with Crippen molar-refractivity contribution in [2.24, 2.45) is 0 Å². The van der Waals surface area contributed by atoms with Gasteiger partial charge in [-0.25, -0.2) is 0 Å². The van der Waals surface area contributed by atoms with Crippen LogP contribution < -0.4 is 5.32 Å². The summed E-state index contributed by atoms with van der Waals surface area (Å²) in [5, 5.41) is 12.6. The molecule has 1 aromatic heterocycles. The minimum Gasteiger partial charge on any atom is -0.507 e. The molecule has 0 bridgehead atoms. The van der Waals surface area contributed by atoms with Gasteiger partial charge in [-0.15, -0.1) is 0 Å². The Labute approximate surface area is 106 Å². The fraction of sp³-hybridized carbons (Fsp3) is 0.214. The molecule has 1 heterocycles. The lowest BCUT2D eigenvalue weighted by Crippen LogP contribution is -2.13. The quantitative estimate of drug-likeness (QED) is 0.760. The van der Waals surface area contributed by atoms with Gasteiger partial charge in [0.05, 0.1) is 5.56 Å². The average Bonchev–Trinajstić information content (AvgIpc) is 2.76. The van der Waals surface area contributed by atoms with Gasteiger partial charge in [-0.1, -0.05) is 6.07 Å². The number of aromatic amines is 1. The summed E-state index contributed by atoms with van der Waals surface area (Å²) >= 11 is 0. The molecule has 18 heavy (non-hydrogen) atoms. The maximum atomic E-state index is 12.0. The molecule has 0 radical (unpaired) electrons. The molecule has 0 atom stereocenters. The fourth-order valence-electron chi connectivity index (χ4n) is 1.86. The number of carbonyl (C=O) groups is 1. The van der Waals surface area contributed by atoms with E-state index >= 15 is 0 Å². The number of phenolic OH excluding ortho intramolecular Hbond substituents is 1. The lowest BCUT2D eigenvalue weighted by molar-refractivity contribution is 0.102. The standard InChI is InChI=1S/C14H16N2O2/c1-8-4-5-12(9(2)13(8)17)16-14(18)11-6-7-15-10(11)3/h4-7,15,17H,1-3H3,(H,16,18). The number of hydrogen-bond donors (Lipinski definition) is 3. The van der Waals surface area contributed by atoms with Crippen LogP contribution in [0, 0.1) is 20.8 Å². The molecule has 0 saturated heterocycles. The number of hydrogen-bond acceptors (Lipinski definition) is 2. The van der Waals surface area contributed by atoms with E-state index in [9.17, 15) is 9.90 Å². The highest BCUT2D eigenvalue weighted by molar-refractivity contribution is 6.05. The molecule has 0 saturated carbocycles. The summed E-state index contributed by atoms with van der Waals surface area (Å²) in [6.45, 7) is 5.44. The van der Waals surface area contributed by atoms with Gasteiger partial charge in [0.2, 0.25) is 0 Å². The second kappa shape index (κ2) is 4.56. The normalized spacial score (nSPS) is 10.4. The zero-order valence-corrected chi connectivity index (χ0v) is 10.7. The number of rotatable bonds is 2. The largest absolute Gasteiger partial charge is 0.507 e. The highest BCUT2D eigenvalue weighted by Gasteiger charge is 2.13. The molecule has 0 fully saturated rings. The molecule has 2 rings (SSSR count). The predicted molar refractivity (Wildman–Crippen MR) is 71.1 cm³/mol. The number of aromatic nitrogens is 1. The lowest BCUT2D eigenvalue weighted by Gasteiger charge is -2.11. The molecular weight excluding hydrogens is 228 g/mol. The van der Waals surface area contributed by atoms with E-state index < -0.39 is 0 Å². The molecule has 1 aromatic carbocycles. The third kappa shape index (κ3) is 2.09. The van der Waals surface area contributed by atoms with Crippen LogP contribution in [0.15, 0.2) is 24.4 Å². The summed E-state index contributed by atoms with van der Waals surface area (Å²) in [6, 6.07) is 5.31. The van der Waals surface area contributed by atoms with Gasteiger partial charge in [0.15, 0.2) is 0 Å². The van der Waals surface area contributed by atoms with Crippen LogP contribution in [0.2, 0.25) is 0 Å². The van der Waals surface area contributed by atoms with E-state index in [0.717, 1.165) is 11.3 Å². The van der Waals surface area contributed by atoms with Crippen LogP contribution in [0.4, 0.5) is 5.69 Å². The van der Waals surface area contributed by atoms with Crippen molar-refractivity contribution in [2.45, 2.75) is 20.8 Å². The van der Waals surface area contributed by atoms with Crippen molar-refractivity contribution in [3.63, 3.8) is 0 Å². The Morgan fingerprint density at radius 2 is 1.94 bits per heavy atom. The minimum atomic E-state index is -0.180. The Morgan fingerprint density at radius 3 is 2.56 bits per heavy atom. The van der Waals surface area contributed by atoms with Crippen molar-refractivity contribution in [1.82, 2.24) is 4.98 Å². The Hall–Kier alpha value is -2.23. The lowest BCUT2D eigenvalue weighted by atomic mass is 10.1. The topological polar surface area (TPSA) is 65.1 Å². The Kier molecular flexibility index (Phi) is 3.10. The van der Waals surface area contributed by atoms with Crippen LogP contribution in [-0.4, -0.2) is 16.0 Å². The summed E-state index contributed by atoms with van der Waals surface area (Å²) in [7, 11) is 0. The van der Waals surface area contributed by atoms with Gasteiger partial charge >= 0.3 is 0 Å². The second-order valence-corrected chi connectivity index (χ2v) is 4.37. The fourth-order valence-corrected chi connectivity index (χ4v) is 1.86. The second-order valence-electron chi connectivity index (χ2n) is 4.37. The molecule has 4 heteroatoms. The molecule has 3 N–H and O–H groups in total. The van der Waals surface area contributed by atoms with Crippen molar-refractivity contribution in [3.05, 3.63) is 46.8 Å². The summed E-state index contributed by atoms with van der Waals surface area (Å²) in [6.07, 6.45) is 1.73. The zero-order valence-electron chi connectivity index (χ0n) is 10.7. The van der Waals surface area contributed by atoms with Crippen LogP contribution in [-0.2, 0) is 0 Å². The molecule has 0 unspecified atom stereocenters. The summed E-state index contributed by atoms with van der Waals surface area (Å²) in [4.78, 5) is 15.0. The maximum absolute atomic E-state index is 12.0. The molecule has 0 aliphatic carbocycles. The third-order valence-corrected chi connectivity index (χ3v) is 3.08. The first-order valence-electron chi connectivity index (χ1n) is 5.75. The van der Waals surface area contributed by atoms with Crippen LogP contribution in [0.25, 0.3) is 0 Å². The number of aromatic hydroxyl groups is 1. The van der Waals surface area contributed by atoms with Crippen LogP contribution >= 0.6 is 0 Å². The smallest absolute Gasteiger partial charge is 0.257 e. The number of aryl methyl sites for hydroxylation is 2. The van der Waals surface area contributed by atoms with Crippen molar-refractivity contribution in [1.29, 1.82) is 0 Å². The Bertz CT molecular complexity index is 600. The molecule has 0 aliphatic heterocycles. The minimum absolute atomic E-state index is 0.180. The van der Waals surface area contributed by atoms with Crippen LogP contribution in [0.5, 0.6) is 5.75 Å². The molecule has 2 aromatic rings. The van der Waals surface area contributed by atoms with E-state index in [2.05, 4.69) is 10.3 Å². The average molecular weight is 244 g/mol. The summed E-state index contributed by atoms with van der Waals surface area (Å²) < 4.78 is 0. The molecule has 0 aliphatic rings. The van der Waals surface area contributed by atoms with E-state index in [-0.39, 0.29) is 11.7 Å². The molecular formula is C14H16N2O2. The monoisotopic (exact) mass is 244 g/mol. The Balaban J connectivity index is 2.28. The number of anilines is 1. The number of amides is 1. The molecule has 1 amide bonds. The number of carbonyl (C=O) groups excluding carboxylic acids is 1. The van der Waals surface area contributed by atoms with Gasteiger partial charge in [0.25, 0.3) is 5.91 Å². The molecule has 4 nitrogen and oxygen atoms in total. The third-order valence-electron chi connectivity index (χ3n) is 3.08. The SMILES string of the molecule is Cc1ccc(NC(=O)c2cc[nH]c2C)c(C)c1O. The van der Waals surface area contributed by atoms with Gasteiger partial charge < -0.3 is 15.4 Å². The zero-order chi connectivity index (χ0) is 13.3. The van der Waals surface area contributed by atoms with Gasteiger partial charge in [-0.05, 0) is 38.5 Å². The number of nitrogens with one attached hydrogen (secondary N) is 2. The van der Waals surface area contributed by atoms with E-state index in [0.29, 0.717) is 16.8 Å². The van der Waals surface area contributed by atoms with Gasteiger partial charge in [0, 0.05) is 23.1 Å². The Morgan fingerprint density at radius 1 is 1.22 bits per heavy atom. The first kappa shape index (κ1) is 12.2. The first-order chi connectivity index (χ1) is 8.50. The molecule has 94 valence electrons. The van der Waals surface area contributed by atoms with E-state index in [1.54, 1.807) is 31.3 Å². The van der Waals surface area contributed by atoms with Crippen LogP contribution in [0.3, 0.4) is 0 Å². The van der Waals surface area contributed by atoms with Gasteiger partial charge in [-0.2, -0.15) is 0 Å². The van der Waals surface area contributed by atoms with Crippen molar-refractivity contribution in [2.75, 3.05) is 5.32 Å². The van der Waals surface area contributed by atoms with Gasteiger partial charge in [0.1, 0.15) is 5.75 Å². The first-order valence-corrected chi connectivity index (χ1v) is 5.75.